The smallest absolute Gasteiger partial charge is 0.326 e. The number of carboxylic acid groups (broad SMARTS) is 1. The van der Waals surface area contributed by atoms with Crippen LogP contribution in [0.15, 0.2) is 59.0 Å². The minimum atomic E-state index is -1.01. The second-order valence-electron chi connectivity index (χ2n) is 8.35. The van der Waals surface area contributed by atoms with Gasteiger partial charge in [-0.1, -0.05) is 18.2 Å². The van der Waals surface area contributed by atoms with Crippen molar-refractivity contribution in [3.05, 3.63) is 76.9 Å². The van der Waals surface area contributed by atoms with Gasteiger partial charge in [0.25, 0.3) is 6.01 Å². The second kappa shape index (κ2) is 9.50. The van der Waals surface area contributed by atoms with Gasteiger partial charge in [-0.15, -0.1) is 0 Å². The summed E-state index contributed by atoms with van der Waals surface area (Å²) >= 11 is 0. The molecule has 9 nitrogen and oxygen atoms in total. The summed E-state index contributed by atoms with van der Waals surface area (Å²) in [6.07, 6.45) is 0.169. The molecular weight excluding hydrogens is 462 g/mol. The van der Waals surface area contributed by atoms with Crippen molar-refractivity contribution < 1.29 is 28.5 Å². The molecule has 0 saturated heterocycles. The van der Waals surface area contributed by atoms with E-state index in [2.05, 4.69) is 11.1 Å². The van der Waals surface area contributed by atoms with Crippen LogP contribution >= 0.6 is 0 Å². The molecule has 1 aliphatic heterocycles. The number of anilines is 1. The normalized spacial score (nSPS) is 14.7. The van der Waals surface area contributed by atoms with E-state index in [0.717, 1.165) is 22.4 Å². The van der Waals surface area contributed by atoms with Crippen molar-refractivity contribution in [1.29, 1.82) is 5.26 Å². The van der Waals surface area contributed by atoms with Gasteiger partial charge in [-0.25, -0.2) is 4.79 Å². The molecule has 0 saturated carbocycles. The Labute approximate surface area is 207 Å². The Hall–Kier alpha value is -4.71. The number of nitrogens with zero attached hydrogens (tertiary/aromatic N) is 3. The number of fused-ring (bicyclic) bond motifs is 2. The van der Waals surface area contributed by atoms with E-state index in [4.69, 9.17) is 23.9 Å². The Balaban J connectivity index is 1.48. The molecule has 1 aliphatic rings. The van der Waals surface area contributed by atoms with Gasteiger partial charge < -0.3 is 28.6 Å². The van der Waals surface area contributed by atoms with E-state index in [1.165, 1.54) is 0 Å². The SMILES string of the molecule is COc1ccc(COc2c(OC)ccc3c2C[C@@H](C(=O)O)N(c2nc4ccc(C#N)cc4o2)C3)cc1. The molecule has 5 rings (SSSR count). The zero-order chi connectivity index (χ0) is 25.2. The lowest BCUT2D eigenvalue weighted by Crippen LogP contribution is -2.46. The molecular formula is C27H23N3O6. The van der Waals surface area contributed by atoms with Crippen molar-refractivity contribution in [2.45, 2.75) is 25.6 Å². The van der Waals surface area contributed by atoms with Crippen molar-refractivity contribution in [1.82, 2.24) is 4.98 Å². The third kappa shape index (κ3) is 4.25. The summed E-state index contributed by atoms with van der Waals surface area (Å²) in [7, 11) is 3.17. The van der Waals surface area contributed by atoms with Crippen LogP contribution in [0.3, 0.4) is 0 Å². The Morgan fingerprint density at radius 2 is 1.97 bits per heavy atom. The van der Waals surface area contributed by atoms with Gasteiger partial charge in [0.15, 0.2) is 17.1 Å². The molecule has 1 aromatic heterocycles. The molecule has 0 fully saturated rings. The maximum Gasteiger partial charge on any atom is 0.326 e. The first-order valence-electron chi connectivity index (χ1n) is 11.3. The molecule has 2 heterocycles. The number of hydrogen-bond donors (Lipinski definition) is 1. The van der Waals surface area contributed by atoms with Crippen LogP contribution < -0.4 is 19.1 Å². The van der Waals surface area contributed by atoms with Crippen LogP contribution in [0.25, 0.3) is 11.1 Å². The summed E-state index contributed by atoms with van der Waals surface area (Å²) in [5.74, 6) is 0.795. The molecule has 0 bridgehead atoms. The number of oxazole rings is 1. The number of ether oxygens (including phenoxy) is 3. The highest BCUT2D eigenvalue weighted by Crippen LogP contribution is 2.40. The van der Waals surface area contributed by atoms with Gasteiger partial charge in [0.05, 0.1) is 25.9 Å². The Bertz CT molecular complexity index is 1470. The molecule has 3 aromatic carbocycles. The first kappa shape index (κ1) is 23.1. The van der Waals surface area contributed by atoms with E-state index in [-0.39, 0.29) is 25.6 Å². The molecule has 4 aromatic rings. The maximum absolute atomic E-state index is 12.3. The topological polar surface area (TPSA) is 118 Å². The van der Waals surface area contributed by atoms with Crippen LogP contribution in [0.5, 0.6) is 17.2 Å². The molecule has 0 unspecified atom stereocenters. The number of benzene rings is 3. The van der Waals surface area contributed by atoms with Crippen LogP contribution in [0.1, 0.15) is 22.3 Å². The van der Waals surface area contributed by atoms with E-state index in [1.54, 1.807) is 37.3 Å². The van der Waals surface area contributed by atoms with Gasteiger partial charge >= 0.3 is 5.97 Å². The highest BCUT2D eigenvalue weighted by Gasteiger charge is 2.36. The minimum absolute atomic E-state index is 0.169. The number of carboxylic acids is 1. The summed E-state index contributed by atoms with van der Waals surface area (Å²) in [4.78, 5) is 18.4. The summed E-state index contributed by atoms with van der Waals surface area (Å²) < 4.78 is 22.8. The number of carbonyl (C=O) groups is 1. The van der Waals surface area contributed by atoms with Gasteiger partial charge in [-0.2, -0.15) is 10.2 Å². The lowest BCUT2D eigenvalue weighted by atomic mass is 9.93. The Kier molecular flexibility index (Phi) is 6.09. The third-order valence-electron chi connectivity index (χ3n) is 6.23. The van der Waals surface area contributed by atoms with Crippen molar-refractivity contribution in [3.8, 4) is 23.3 Å². The molecule has 182 valence electrons. The largest absolute Gasteiger partial charge is 0.497 e. The first-order valence-corrected chi connectivity index (χ1v) is 11.3. The predicted octanol–water partition coefficient (Wildman–Crippen LogP) is 4.31. The van der Waals surface area contributed by atoms with Gasteiger partial charge in [0.2, 0.25) is 0 Å². The quantitative estimate of drug-likeness (QED) is 0.408. The fourth-order valence-corrected chi connectivity index (χ4v) is 4.34. The highest BCUT2D eigenvalue weighted by molar-refractivity contribution is 5.81. The summed E-state index contributed by atoms with van der Waals surface area (Å²) in [5, 5.41) is 19.2. The van der Waals surface area contributed by atoms with Gasteiger partial charge in [-0.3, -0.25) is 0 Å². The van der Waals surface area contributed by atoms with Crippen molar-refractivity contribution in [2.24, 2.45) is 0 Å². The van der Waals surface area contributed by atoms with Crippen LogP contribution in [0.2, 0.25) is 0 Å². The van der Waals surface area contributed by atoms with Crippen molar-refractivity contribution >= 4 is 23.1 Å². The fraction of sp³-hybridized carbons (Fsp3) is 0.222. The van der Waals surface area contributed by atoms with Gasteiger partial charge in [0.1, 0.15) is 23.9 Å². The number of hydrogen-bond acceptors (Lipinski definition) is 8. The Morgan fingerprint density at radius 3 is 2.67 bits per heavy atom. The summed E-state index contributed by atoms with van der Waals surface area (Å²) in [6.45, 7) is 0.539. The van der Waals surface area contributed by atoms with E-state index in [9.17, 15) is 9.90 Å². The van der Waals surface area contributed by atoms with Gasteiger partial charge in [0, 0.05) is 24.6 Å². The molecule has 0 amide bonds. The zero-order valence-corrected chi connectivity index (χ0v) is 19.7. The monoisotopic (exact) mass is 485 g/mol. The maximum atomic E-state index is 12.3. The third-order valence-corrected chi connectivity index (χ3v) is 6.23. The minimum Gasteiger partial charge on any atom is -0.497 e. The van der Waals surface area contributed by atoms with Gasteiger partial charge in [-0.05, 0) is 41.5 Å². The fourth-order valence-electron chi connectivity index (χ4n) is 4.34. The summed E-state index contributed by atoms with van der Waals surface area (Å²) in [6, 6.07) is 17.5. The van der Waals surface area contributed by atoms with Crippen LogP contribution in [-0.4, -0.2) is 36.3 Å². The lowest BCUT2D eigenvalue weighted by molar-refractivity contribution is -0.138. The molecule has 1 N–H and O–H groups in total. The van der Waals surface area contributed by atoms with E-state index < -0.39 is 12.0 Å². The molecule has 0 aliphatic carbocycles. The molecule has 1 atom stereocenters. The van der Waals surface area contributed by atoms with Crippen LogP contribution in [0, 0.1) is 11.3 Å². The van der Waals surface area contributed by atoms with Crippen LogP contribution in [0.4, 0.5) is 6.01 Å². The lowest BCUT2D eigenvalue weighted by Gasteiger charge is -2.34. The standard InChI is InChI=1S/C27H23N3O6/c1-33-19-7-3-16(4-8-19)15-35-25-20-12-22(26(31)32)30(14-18(20)6-10-23(25)34-2)27-29-21-9-5-17(13-28)11-24(21)36-27/h3-11,22H,12,14-15H2,1-2H3,(H,31,32)/t22-/m0/s1. The Morgan fingerprint density at radius 1 is 1.17 bits per heavy atom. The molecule has 36 heavy (non-hydrogen) atoms. The predicted molar refractivity (Wildman–Crippen MR) is 130 cm³/mol. The molecule has 9 heteroatoms. The van der Waals surface area contributed by atoms with E-state index >= 15 is 0 Å². The van der Waals surface area contributed by atoms with E-state index in [0.29, 0.717) is 28.2 Å². The summed E-state index contributed by atoms with van der Waals surface area (Å²) in [5.41, 5.74) is 4.02. The highest BCUT2D eigenvalue weighted by atomic mass is 16.5. The number of aliphatic carboxylic acids is 1. The number of nitriles is 1. The molecule has 0 spiro atoms. The average molecular weight is 485 g/mol. The van der Waals surface area contributed by atoms with E-state index in [1.807, 2.05) is 36.4 Å². The number of methoxy groups -OCH3 is 2. The van der Waals surface area contributed by atoms with Crippen molar-refractivity contribution in [3.63, 3.8) is 0 Å². The number of aromatic nitrogens is 1. The molecule has 0 radical (unpaired) electrons. The van der Waals surface area contributed by atoms with Crippen LogP contribution in [-0.2, 0) is 24.4 Å². The zero-order valence-electron chi connectivity index (χ0n) is 19.7. The average Bonchev–Trinajstić information content (AvgIpc) is 3.34. The second-order valence-corrected chi connectivity index (χ2v) is 8.35. The van der Waals surface area contributed by atoms with Crippen molar-refractivity contribution in [2.75, 3.05) is 19.1 Å². The number of rotatable bonds is 7. The first-order chi connectivity index (χ1) is 17.5.